The van der Waals surface area contributed by atoms with Crippen molar-refractivity contribution in [2.45, 2.75) is 13.0 Å². The number of hydrogen-bond acceptors (Lipinski definition) is 3. The standard InChI is InChI=1S/C22H19N3O2/c1-16(21-13-18-7-5-6-10-20(18)27-21)24-22(26)12-11-17-14-23-25(15-17)19-8-3-2-4-9-19/h2-16H,1H3,(H,24,26)/b12-11+. The van der Waals surface area contributed by atoms with Gasteiger partial charge in [-0.25, -0.2) is 4.68 Å². The van der Waals surface area contributed by atoms with Crippen LogP contribution in [-0.4, -0.2) is 15.7 Å². The molecule has 5 nitrogen and oxygen atoms in total. The highest BCUT2D eigenvalue weighted by atomic mass is 16.3. The van der Waals surface area contributed by atoms with Crippen molar-refractivity contribution in [3.63, 3.8) is 0 Å². The summed E-state index contributed by atoms with van der Waals surface area (Å²) >= 11 is 0. The van der Waals surface area contributed by atoms with Gasteiger partial charge in [0.2, 0.25) is 5.91 Å². The molecule has 0 bridgehead atoms. The molecule has 0 aliphatic heterocycles. The SMILES string of the molecule is CC(NC(=O)/C=C/c1cnn(-c2ccccc2)c1)c1cc2ccccc2o1. The minimum Gasteiger partial charge on any atom is -0.459 e. The number of rotatable bonds is 5. The van der Waals surface area contributed by atoms with Crippen LogP contribution in [-0.2, 0) is 4.79 Å². The van der Waals surface area contributed by atoms with Crippen LogP contribution in [0, 0.1) is 0 Å². The van der Waals surface area contributed by atoms with Gasteiger partial charge in [0.05, 0.1) is 17.9 Å². The zero-order valence-corrected chi connectivity index (χ0v) is 14.9. The van der Waals surface area contributed by atoms with E-state index < -0.39 is 0 Å². The number of nitrogens with one attached hydrogen (secondary N) is 1. The Labute approximate surface area is 156 Å². The maximum absolute atomic E-state index is 12.2. The van der Waals surface area contributed by atoms with E-state index in [1.165, 1.54) is 6.08 Å². The highest BCUT2D eigenvalue weighted by molar-refractivity contribution is 5.92. The number of amides is 1. The van der Waals surface area contributed by atoms with Crippen LogP contribution in [0.15, 0.2) is 83.6 Å². The van der Waals surface area contributed by atoms with Crippen LogP contribution < -0.4 is 5.32 Å². The van der Waals surface area contributed by atoms with E-state index in [1.807, 2.05) is 73.8 Å². The first kappa shape index (κ1) is 16.8. The van der Waals surface area contributed by atoms with Gasteiger partial charge in [0.15, 0.2) is 0 Å². The lowest BCUT2D eigenvalue weighted by Gasteiger charge is -2.08. The first-order valence-corrected chi connectivity index (χ1v) is 8.76. The van der Waals surface area contributed by atoms with E-state index in [0.717, 1.165) is 28.0 Å². The number of para-hydroxylation sites is 2. The van der Waals surface area contributed by atoms with Crippen molar-refractivity contribution in [3.05, 3.63) is 90.5 Å². The number of fused-ring (bicyclic) bond motifs is 1. The molecule has 0 saturated heterocycles. The number of benzene rings is 2. The van der Waals surface area contributed by atoms with Crippen molar-refractivity contribution in [1.29, 1.82) is 0 Å². The molecule has 134 valence electrons. The number of aromatic nitrogens is 2. The van der Waals surface area contributed by atoms with Crippen LogP contribution in [0.2, 0.25) is 0 Å². The molecule has 1 atom stereocenters. The maximum Gasteiger partial charge on any atom is 0.244 e. The Kier molecular flexibility index (Phi) is 4.58. The van der Waals surface area contributed by atoms with Gasteiger partial charge in [0, 0.05) is 23.2 Å². The minimum atomic E-state index is -0.221. The Morgan fingerprint density at radius 3 is 2.74 bits per heavy atom. The Morgan fingerprint density at radius 2 is 1.93 bits per heavy atom. The third-order valence-electron chi connectivity index (χ3n) is 4.28. The summed E-state index contributed by atoms with van der Waals surface area (Å²) in [5, 5.41) is 8.26. The molecule has 2 aromatic carbocycles. The molecule has 0 fully saturated rings. The molecule has 1 unspecified atom stereocenters. The molecular formula is C22H19N3O2. The predicted octanol–water partition coefficient (Wildman–Crippen LogP) is 4.51. The van der Waals surface area contributed by atoms with Gasteiger partial charge in [-0.2, -0.15) is 5.10 Å². The summed E-state index contributed by atoms with van der Waals surface area (Å²) in [5.41, 5.74) is 2.64. The lowest BCUT2D eigenvalue weighted by atomic mass is 10.2. The van der Waals surface area contributed by atoms with Crippen molar-refractivity contribution in [2.24, 2.45) is 0 Å². The molecule has 4 aromatic rings. The summed E-state index contributed by atoms with van der Waals surface area (Å²) in [4.78, 5) is 12.2. The Bertz CT molecular complexity index is 1060. The first-order chi connectivity index (χ1) is 13.2. The van der Waals surface area contributed by atoms with E-state index in [1.54, 1.807) is 17.0 Å². The molecule has 2 heterocycles. The van der Waals surface area contributed by atoms with Crippen LogP contribution in [0.4, 0.5) is 0 Å². The summed E-state index contributed by atoms with van der Waals surface area (Å²) in [5.74, 6) is 0.547. The summed E-state index contributed by atoms with van der Waals surface area (Å²) < 4.78 is 7.57. The van der Waals surface area contributed by atoms with Crippen LogP contribution in [0.1, 0.15) is 24.3 Å². The summed E-state index contributed by atoms with van der Waals surface area (Å²) in [6.07, 6.45) is 6.85. The van der Waals surface area contributed by atoms with Gasteiger partial charge in [-0.15, -0.1) is 0 Å². The number of furan rings is 1. The van der Waals surface area contributed by atoms with Gasteiger partial charge >= 0.3 is 0 Å². The molecule has 1 N–H and O–H groups in total. The van der Waals surface area contributed by atoms with Crippen molar-refractivity contribution in [3.8, 4) is 5.69 Å². The molecule has 0 aliphatic carbocycles. The van der Waals surface area contributed by atoms with Gasteiger partial charge in [0.25, 0.3) is 0 Å². The second-order valence-electron chi connectivity index (χ2n) is 6.30. The Hall–Kier alpha value is -3.60. The van der Waals surface area contributed by atoms with E-state index in [9.17, 15) is 4.79 Å². The van der Waals surface area contributed by atoms with Gasteiger partial charge in [-0.3, -0.25) is 4.79 Å². The Morgan fingerprint density at radius 1 is 1.15 bits per heavy atom. The fraction of sp³-hybridized carbons (Fsp3) is 0.0909. The molecule has 0 aliphatic rings. The normalized spacial score (nSPS) is 12.5. The van der Waals surface area contributed by atoms with Crippen molar-refractivity contribution in [2.75, 3.05) is 0 Å². The quantitative estimate of drug-likeness (QED) is 0.535. The fourth-order valence-electron chi connectivity index (χ4n) is 2.87. The largest absolute Gasteiger partial charge is 0.459 e. The molecular weight excluding hydrogens is 338 g/mol. The van der Waals surface area contributed by atoms with Crippen molar-refractivity contribution < 1.29 is 9.21 Å². The van der Waals surface area contributed by atoms with Crippen LogP contribution in [0.25, 0.3) is 22.7 Å². The first-order valence-electron chi connectivity index (χ1n) is 8.76. The summed E-state index contributed by atoms with van der Waals surface area (Å²) in [6.45, 7) is 1.90. The molecule has 0 spiro atoms. The molecule has 1 amide bonds. The second kappa shape index (κ2) is 7.33. The zero-order valence-electron chi connectivity index (χ0n) is 14.9. The van der Waals surface area contributed by atoms with E-state index in [4.69, 9.17) is 4.42 Å². The topological polar surface area (TPSA) is 60.1 Å². The van der Waals surface area contributed by atoms with E-state index >= 15 is 0 Å². The molecule has 0 radical (unpaired) electrons. The molecule has 27 heavy (non-hydrogen) atoms. The highest BCUT2D eigenvalue weighted by Crippen LogP contribution is 2.23. The van der Waals surface area contributed by atoms with E-state index in [0.29, 0.717) is 0 Å². The van der Waals surface area contributed by atoms with Crippen LogP contribution in [0.5, 0.6) is 0 Å². The zero-order chi connectivity index (χ0) is 18.6. The predicted molar refractivity (Wildman–Crippen MR) is 105 cm³/mol. The molecule has 5 heteroatoms. The fourth-order valence-corrected chi connectivity index (χ4v) is 2.87. The maximum atomic E-state index is 12.2. The number of carbonyl (C=O) groups is 1. The summed E-state index contributed by atoms with van der Waals surface area (Å²) in [6, 6.07) is 19.3. The Balaban J connectivity index is 1.41. The van der Waals surface area contributed by atoms with Crippen molar-refractivity contribution >= 4 is 23.0 Å². The number of carbonyl (C=O) groups excluding carboxylic acids is 1. The smallest absolute Gasteiger partial charge is 0.244 e. The monoisotopic (exact) mass is 357 g/mol. The average Bonchev–Trinajstić information content (AvgIpc) is 3.34. The average molecular weight is 357 g/mol. The van der Waals surface area contributed by atoms with Gasteiger partial charge < -0.3 is 9.73 Å². The van der Waals surface area contributed by atoms with Gasteiger partial charge in [-0.1, -0.05) is 36.4 Å². The highest BCUT2D eigenvalue weighted by Gasteiger charge is 2.12. The second-order valence-corrected chi connectivity index (χ2v) is 6.30. The lowest BCUT2D eigenvalue weighted by Crippen LogP contribution is -2.24. The van der Waals surface area contributed by atoms with E-state index in [-0.39, 0.29) is 11.9 Å². The molecule has 4 rings (SSSR count). The van der Waals surface area contributed by atoms with Crippen molar-refractivity contribution in [1.82, 2.24) is 15.1 Å². The number of nitrogens with zero attached hydrogens (tertiary/aromatic N) is 2. The third-order valence-corrected chi connectivity index (χ3v) is 4.28. The minimum absolute atomic E-state index is 0.185. The van der Waals surface area contributed by atoms with Gasteiger partial charge in [-0.05, 0) is 37.3 Å². The van der Waals surface area contributed by atoms with Gasteiger partial charge in [0.1, 0.15) is 11.3 Å². The van der Waals surface area contributed by atoms with E-state index in [2.05, 4.69) is 10.4 Å². The number of hydrogen-bond donors (Lipinski definition) is 1. The lowest BCUT2D eigenvalue weighted by molar-refractivity contribution is -0.117. The van der Waals surface area contributed by atoms with Crippen LogP contribution in [0.3, 0.4) is 0 Å². The molecule has 0 saturated carbocycles. The third kappa shape index (κ3) is 3.82. The molecule has 2 aromatic heterocycles. The summed E-state index contributed by atoms with van der Waals surface area (Å²) in [7, 11) is 0. The van der Waals surface area contributed by atoms with Crippen LogP contribution >= 0.6 is 0 Å².